The van der Waals surface area contributed by atoms with E-state index in [4.69, 9.17) is 4.74 Å². The van der Waals surface area contributed by atoms with E-state index in [0.29, 0.717) is 6.61 Å². The van der Waals surface area contributed by atoms with E-state index in [1.807, 2.05) is 0 Å². The summed E-state index contributed by atoms with van der Waals surface area (Å²) >= 11 is 0. The van der Waals surface area contributed by atoms with Crippen molar-refractivity contribution in [3.05, 3.63) is 30.1 Å². The predicted octanol–water partition coefficient (Wildman–Crippen LogP) is 2.56. The van der Waals surface area contributed by atoms with Gasteiger partial charge in [-0.3, -0.25) is 0 Å². The average molecular weight is 303 g/mol. The SMILES string of the molecule is CN(CCOc1ccc(F)cc1)CC1CCNCC1.Cl. The third-order valence-corrected chi connectivity index (χ3v) is 3.58. The Balaban J connectivity index is 0.00000200. The average Bonchev–Trinajstić information content (AvgIpc) is 2.42. The Morgan fingerprint density at radius 3 is 2.55 bits per heavy atom. The molecule has 114 valence electrons. The molecule has 0 aromatic heterocycles. The Bertz CT molecular complexity index is 369. The normalized spacial score (nSPS) is 15.9. The number of nitrogens with one attached hydrogen (secondary N) is 1. The maximum absolute atomic E-state index is 12.7. The summed E-state index contributed by atoms with van der Waals surface area (Å²) in [4.78, 5) is 2.32. The minimum atomic E-state index is -0.227. The fourth-order valence-corrected chi connectivity index (χ4v) is 2.45. The highest BCUT2D eigenvalue weighted by Gasteiger charge is 2.14. The van der Waals surface area contributed by atoms with Crippen molar-refractivity contribution < 1.29 is 9.13 Å². The quantitative estimate of drug-likeness (QED) is 0.874. The molecule has 0 bridgehead atoms. The highest BCUT2D eigenvalue weighted by Crippen LogP contribution is 2.13. The summed E-state index contributed by atoms with van der Waals surface area (Å²) in [5.41, 5.74) is 0. The lowest BCUT2D eigenvalue weighted by Crippen LogP contribution is -2.36. The van der Waals surface area contributed by atoms with Crippen molar-refractivity contribution in [2.75, 3.05) is 39.8 Å². The van der Waals surface area contributed by atoms with Gasteiger partial charge in [-0.15, -0.1) is 12.4 Å². The highest BCUT2D eigenvalue weighted by molar-refractivity contribution is 5.85. The number of piperidine rings is 1. The summed E-state index contributed by atoms with van der Waals surface area (Å²) in [6.45, 7) is 4.97. The van der Waals surface area contributed by atoms with Gasteiger partial charge in [0.15, 0.2) is 0 Å². The summed E-state index contributed by atoms with van der Waals surface area (Å²) in [7, 11) is 2.13. The van der Waals surface area contributed by atoms with E-state index in [9.17, 15) is 4.39 Å². The Morgan fingerprint density at radius 2 is 1.90 bits per heavy atom. The molecule has 3 nitrogen and oxygen atoms in total. The van der Waals surface area contributed by atoms with Crippen LogP contribution in [0.4, 0.5) is 4.39 Å². The summed E-state index contributed by atoms with van der Waals surface area (Å²) in [6.07, 6.45) is 2.53. The molecule has 0 atom stereocenters. The van der Waals surface area contributed by atoms with Gasteiger partial charge in [0.05, 0.1) is 0 Å². The van der Waals surface area contributed by atoms with Crippen LogP contribution in [-0.2, 0) is 0 Å². The maximum atomic E-state index is 12.7. The molecule has 1 aliphatic heterocycles. The minimum Gasteiger partial charge on any atom is -0.492 e. The van der Waals surface area contributed by atoms with Gasteiger partial charge >= 0.3 is 0 Å². The van der Waals surface area contributed by atoms with Crippen LogP contribution in [0.1, 0.15) is 12.8 Å². The molecule has 5 heteroatoms. The summed E-state index contributed by atoms with van der Waals surface area (Å²) in [5, 5.41) is 3.38. The molecule has 0 aliphatic carbocycles. The van der Waals surface area contributed by atoms with Gasteiger partial charge in [-0.1, -0.05) is 0 Å². The molecule has 20 heavy (non-hydrogen) atoms. The maximum Gasteiger partial charge on any atom is 0.123 e. The number of hydrogen-bond donors (Lipinski definition) is 1. The van der Waals surface area contributed by atoms with E-state index in [0.717, 1.165) is 37.8 Å². The van der Waals surface area contributed by atoms with Crippen LogP contribution < -0.4 is 10.1 Å². The van der Waals surface area contributed by atoms with E-state index in [2.05, 4.69) is 17.3 Å². The number of rotatable bonds is 6. The van der Waals surface area contributed by atoms with Crippen molar-refractivity contribution >= 4 is 12.4 Å². The molecule has 1 saturated heterocycles. The first-order valence-electron chi connectivity index (χ1n) is 7.01. The summed E-state index contributed by atoms with van der Waals surface area (Å²) < 4.78 is 18.3. The van der Waals surface area contributed by atoms with Crippen LogP contribution in [0.2, 0.25) is 0 Å². The number of nitrogens with zero attached hydrogens (tertiary/aromatic N) is 1. The zero-order valence-corrected chi connectivity index (χ0v) is 12.8. The van der Waals surface area contributed by atoms with Crippen LogP contribution in [0.25, 0.3) is 0 Å². The van der Waals surface area contributed by atoms with Crippen molar-refractivity contribution in [1.82, 2.24) is 10.2 Å². The fraction of sp³-hybridized carbons (Fsp3) is 0.600. The van der Waals surface area contributed by atoms with Gasteiger partial charge in [0.1, 0.15) is 18.2 Å². The van der Waals surface area contributed by atoms with Crippen molar-refractivity contribution in [3.63, 3.8) is 0 Å². The Kier molecular flexibility index (Phi) is 7.88. The van der Waals surface area contributed by atoms with E-state index in [1.165, 1.54) is 25.0 Å². The largest absolute Gasteiger partial charge is 0.492 e. The Hall–Kier alpha value is -0.840. The van der Waals surface area contributed by atoms with Crippen molar-refractivity contribution in [2.24, 2.45) is 5.92 Å². The van der Waals surface area contributed by atoms with Crippen LogP contribution in [0.15, 0.2) is 24.3 Å². The predicted molar refractivity (Wildman–Crippen MR) is 82.2 cm³/mol. The number of hydrogen-bond acceptors (Lipinski definition) is 3. The molecule has 1 fully saturated rings. The van der Waals surface area contributed by atoms with Gasteiger partial charge in [0.2, 0.25) is 0 Å². The number of benzene rings is 1. The number of ether oxygens (including phenoxy) is 1. The highest BCUT2D eigenvalue weighted by atomic mass is 35.5. The van der Waals surface area contributed by atoms with Gasteiger partial charge in [0, 0.05) is 13.1 Å². The molecule has 1 aromatic rings. The molecule has 0 unspecified atom stereocenters. The van der Waals surface area contributed by atoms with E-state index >= 15 is 0 Å². The smallest absolute Gasteiger partial charge is 0.123 e. The molecule has 0 spiro atoms. The van der Waals surface area contributed by atoms with Crippen molar-refractivity contribution in [1.29, 1.82) is 0 Å². The third-order valence-electron chi connectivity index (χ3n) is 3.58. The lowest BCUT2D eigenvalue weighted by atomic mass is 9.98. The molecule has 0 saturated carbocycles. The first kappa shape index (κ1) is 17.2. The molecule has 1 heterocycles. The Morgan fingerprint density at radius 1 is 1.25 bits per heavy atom. The van der Waals surface area contributed by atoms with E-state index < -0.39 is 0 Å². The monoisotopic (exact) mass is 302 g/mol. The van der Waals surface area contributed by atoms with Gasteiger partial charge in [0.25, 0.3) is 0 Å². The lowest BCUT2D eigenvalue weighted by molar-refractivity contribution is 0.199. The lowest BCUT2D eigenvalue weighted by Gasteiger charge is -2.27. The second kappa shape index (κ2) is 9.16. The number of likely N-dealkylation sites (N-methyl/N-ethyl adjacent to an activating group) is 1. The van der Waals surface area contributed by atoms with E-state index in [1.54, 1.807) is 12.1 Å². The van der Waals surface area contributed by atoms with Gasteiger partial charge in [-0.25, -0.2) is 4.39 Å². The zero-order chi connectivity index (χ0) is 13.5. The van der Waals surface area contributed by atoms with Crippen LogP contribution >= 0.6 is 12.4 Å². The van der Waals surface area contributed by atoms with Crippen molar-refractivity contribution in [2.45, 2.75) is 12.8 Å². The van der Waals surface area contributed by atoms with Gasteiger partial charge in [-0.05, 0) is 63.2 Å². The minimum absolute atomic E-state index is 0. The van der Waals surface area contributed by atoms with Crippen molar-refractivity contribution in [3.8, 4) is 5.75 Å². The summed E-state index contributed by atoms with van der Waals surface area (Å²) in [6, 6.07) is 6.19. The van der Waals surface area contributed by atoms with Crippen LogP contribution in [0.3, 0.4) is 0 Å². The molecule has 0 amide bonds. The van der Waals surface area contributed by atoms with E-state index in [-0.39, 0.29) is 18.2 Å². The number of halogens is 2. The molecule has 1 N–H and O–H groups in total. The molecule has 0 radical (unpaired) electrons. The molecular weight excluding hydrogens is 279 g/mol. The molecule has 1 aliphatic rings. The first-order chi connectivity index (χ1) is 9.24. The molecule has 1 aromatic carbocycles. The van der Waals surface area contributed by atoms with Crippen LogP contribution in [-0.4, -0.2) is 44.7 Å². The molecule has 2 rings (SSSR count). The summed E-state index contributed by atoms with van der Waals surface area (Å²) in [5.74, 6) is 1.31. The standard InChI is InChI=1S/C15H23FN2O.ClH/c1-18(12-13-6-8-17-9-7-13)10-11-19-15-4-2-14(16)3-5-15;/h2-5,13,17H,6-12H2,1H3;1H. The second-order valence-corrected chi connectivity index (χ2v) is 5.26. The first-order valence-corrected chi connectivity index (χ1v) is 7.01. The third kappa shape index (κ3) is 6.07. The van der Waals surface area contributed by atoms with Gasteiger partial charge < -0.3 is 15.0 Å². The van der Waals surface area contributed by atoms with Crippen LogP contribution in [0, 0.1) is 11.7 Å². The fourth-order valence-electron chi connectivity index (χ4n) is 2.45. The van der Waals surface area contributed by atoms with Gasteiger partial charge in [-0.2, -0.15) is 0 Å². The molecular formula is C15H24ClFN2O. The second-order valence-electron chi connectivity index (χ2n) is 5.26. The van der Waals surface area contributed by atoms with Crippen LogP contribution in [0.5, 0.6) is 5.75 Å². The Labute approximate surface area is 126 Å². The topological polar surface area (TPSA) is 24.5 Å². The zero-order valence-electron chi connectivity index (χ0n) is 12.0.